The van der Waals surface area contributed by atoms with E-state index in [9.17, 15) is 9.59 Å². The van der Waals surface area contributed by atoms with Crippen molar-refractivity contribution in [1.29, 1.82) is 0 Å². The van der Waals surface area contributed by atoms with E-state index in [1.165, 1.54) is 5.56 Å². The third-order valence-electron chi connectivity index (χ3n) is 6.54. The molecule has 33 heavy (non-hydrogen) atoms. The molecule has 1 aliphatic heterocycles. The SMILES string of the molecule is Cc1cc(C[C@@H]2CCCN2CC(=O)CO[C@H](C)c2cccc(C)c2CCC(=O)O)ccc1Cl. The molecule has 2 aromatic rings. The third kappa shape index (κ3) is 7.13. The lowest BCUT2D eigenvalue weighted by molar-refractivity contribution is -0.137. The third-order valence-corrected chi connectivity index (χ3v) is 6.96. The van der Waals surface area contributed by atoms with Crippen LogP contribution < -0.4 is 0 Å². The molecular weight excluding hydrogens is 438 g/mol. The number of aliphatic carboxylic acids is 1. The summed E-state index contributed by atoms with van der Waals surface area (Å²) in [5.41, 5.74) is 5.34. The first-order valence-corrected chi connectivity index (χ1v) is 12.0. The summed E-state index contributed by atoms with van der Waals surface area (Å²) < 4.78 is 5.95. The maximum atomic E-state index is 12.7. The first kappa shape index (κ1) is 25.4. The van der Waals surface area contributed by atoms with Gasteiger partial charge in [-0.3, -0.25) is 14.5 Å². The van der Waals surface area contributed by atoms with Gasteiger partial charge in [-0.2, -0.15) is 0 Å². The second kappa shape index (κ2) is 11.8. The summed E-state index contributed by atoms with van der Waals surface area (Å²) in [6.45, 7) is 7.29. The normalized spacial score (nSPS) is 17.3. The van der Waals surface area contributed by atoms with E-state index >= 15 is 0 Å². The number of hydrogen-bond donors (Lipinski definition) is 1. The van der Waals surface area contributed by atoms with E-state index in [4.69, 9.17) is 21.4 Å². The molecule has 5 nitrogen and oxygen atoms in total. The van der Waals surface area contributed by atoms with Crippen molar-refractivity contribution in [3.63, 3.8) is 0 Å². The molecule has 6 heteroatoms. The Labute approximate surface area is 201 Å². The average Bonchev–Trinajstić information content (AvgIpc) is 3.19. The van der Waals surface area contributed by atoms with Gasteiger partial charge in [0.25, 0.3) is 0 Å². The molecule has 0 saturated carbocycles. The molecule has 1 saturated heterocycles. The number of Topliss-reactive ketones (excluding diaryl/α,β-unsaturated/α-hetero) is 1. The van der Waals surface area contributed by atoms with Crippen molar-refractivity contribution >= 4 is 23.4 Å². The summed E-state index contributed by atoms with van der Waals surface area (Å²) in [6, 6.07) is 12.4. The fraction of sp³-hybridized carbons (Fsp3) is 0.481. The highest BCUT2D eigenvalue weighted by atomic mass is 35.5. The number of nitrogens with zero attached hydrogens (tertiary/aromatic N) is 1. The number of aryl methyl sites for hydroxylation is 2. The van der Waals surface area contributed by atoms with E-state index in [1.807, 2.05) is 45.0 Å². The van der Waals surface area contributed by atoms with Crippen molar-refractivity contribution in [1.82, 2.24) is 4.90 Å². The second-order valence-corrected chi connectivity index (χ2v) is 9.49. The first-order chi connectivity index (χ1) is 15.7. The van der Waals surface area contributed by atoms with Gasteiger partial charge in [0.2, 0.25) is 0 Å². The fourth-order valence-electron chi connectivity index (χ4n) is 4.70. The van der Waals surface area contributed by atoms with Gasteiger partial charge in [0, 0.05) is 17.5 Å². The molecule has 1 N–H and O–H groups in total. The van der Waals surface area contributed by atoms with Gasteiger partial charge in [-0.15, -0.1) is 0 Å². The number of ketones is 1. The van der Waals surface area contributed by atoms with Crippen molar-refractivity contribution in [3.8, 4) is 0 Å². The van der Waals surface area contributed by atoms with Gasteiger partial charge in [-0.05, 0) is 86.9 Å². The Hall–Kier alpha value is -2.21. The molecule has 0 bridgehead atoms. The van der Waals surface area contributed by atoms with Gasteiger partial charge in [-0.25, -0.2) is 0 Å². The van der Waals surface area contributed by atoms with Crippen molar-refractivity contribution in [2.75, 3.05) is 19.7 Å². The molecule has 1 fully saturated rings. The Morgan fingerprint density at radius 1 is 1.21 bits per heavy atom. The van der Waals surface area contributed by atoms with E-state index in [0.717, 1.165) is 53.1 Å². The minimum atomic E-state index is -0.818. The van der Waals surface area contributed by atoms with Crippen molar-refractivity contribution in [3.05, 3.63) is 69.2 Å². The number of likely N-dealkylation sites (tertiary alicyclic amines) is 1. The lowest BCUT2D eigenvalue weighted by Crippen LogP contribution is -2.37. The standard InChI is InChI=1S/C27H34ClNO4/c1-18-6-4-8-25(24(18)10-12-27(31)32)20(3)33-17-23(30)16-29-13-5-7-22(29)15-21-9-11-26(28)19(2)14-21/h4,6,8-9,11,14,20,22H,5,7,10,12-13,15-17H2,1-3H3,(H,31,32)/t20-,22+/m1/s1. The van der Waals surface area contributed by atoms with Crippen LogP contribution in [0.5, 0.6) is 0 Å². The monoisotopic (exact) mass is 471 g/mol. The molecule has 3 rings (SSSR count). The smallest absolute Gasteiger partial charge is 0.303 e. The first-order valence-electron chi connectivity index (χ1n) is 11.7. The van der Waals surface area contributed by atoms with E-state index in [1.54, 1.807) is 0 Å². The van der Waals surface area contributed by atoms with Crippen LogP contribution in [0.15, 0.2) is 36.4 Å². The zero-order valence-corrected chi connectivity index (χ0v) is 20.5. The fourth-order valence-corrected chi connectivity index (χ4v) is 4.82. The Morgan fingerprint density at radius 3 is 2.73 bits per heavy atom. The van der Waals surface area contributed by atoms with Gasteiger partial charge in [0.15, 0.2) is 5.78 Å². The van der Waals surface area contributed by atoms with Gasteiger partial charge in [-0.1, -0.05) is 41.9 Å². The molecular formula is C27H34ClNO4. The molecule has 178 valence electrons. The average molecular weight is 472 g/mol. The Morgan fingerprint density at radius 2 is 2.00 bits per heavy atom. The molecule has 2 atom stereocenters. The van der Waals surface area contributed by atoms with E-state index in [0.29, 0.717) is 19.0 Å². The van der Waals surface area contributed by atoms with Crippen LogP contribution in [0.2, 0.25) is 5.02 Å². The van der Waals surface area contributed by atoms with Crippen molar-refractivity contribution < 1.29 is 19.4 Å². The molecule has 1 aliphatic rings. The number of hydrogen-bond acceptors (Lipinski definition) is 4. The van der Waals surface area contributed by atoms with Crippen LogP contribution in [0.25, 0.3) is 0 Å². The van der Waals surface area contributed by atoms with Crippen LogP contribution in [-0.2, 0) is 27.2 Å². The zero-order chi connectivity index (χ0) is 24.0. The zero-order valence-electron chi connectivity index (χ0n) is 19.8. The van der Waals surface area contributed by atoms with E-state index in [-0.39, 0.29) is 24.9 Å². The maximum absolute atomic E-state index is 12.7. The molecule has 0 unspecified atom stereocenters. The topological polar surface area (TPSA) is 66.8 Å². The number of rotatable bonds is 11. The van der Waals surface area contributed by atoms with Crippen molar-refractivity contribution in [2.45, 2.75) is 65.0 Å². The summed E-state index contributed by atoms with van der Waals surface area (Å²) >= 11 is 6.15. The van der Waals surface area contributed by atoms with Crippen LogP contribution >= 0.6 is 11.6 Å². The van der Waals surface area contributed by atoms with Crippen LogP contribution in [0.4, 0.5) is 0 Å². The van der Waals surface area contributed by atoms with Crippen LogP contribution in [0, 0.1) is 13.8 Å². The molecule has 1 heterocycles. The Kier molecular flexibility index (Phi) is 9.07. The van der Waals surface area contributed by atoms with E-state index < -0.39 is 5.97 Å². The highest BCUT2D eigenvalue weighted by molar-refractivity contribution is 6.31. The number of halogens is 1. The summed E-state index contributed by atoms with van der Waals surface area (Å²) in [4.78, 5) is 26.0. The van der Waals surface area contributed by atoms with Gasteiger partial charge >= 0.3 is 5.97 Å². The molecule has 0 amide bonds. The Bertz CT molecular complexity index is 990. The van der Waals surface area contributed by atoms with Crippen LogP contribution in [0.3, 0.4) is 0 Å². The van der Waals surface area contributed by atoms with Crippen molar-refractivity contribution in [2.24, 2.45) is 0 Å². The summed E-state index contributed by atoms with van der Waals surface area (Å²) in [7, 11) is 0. The summed E-state index contributed by atoms with van der Waals surface area (Å²) in [5.74, 6) is -0.748. The molecule has 0 spiro atoms. The molecule has 0 aliphatic carbocycles. The maximum Gasteiger partial charge on any atom is 0.303 e. The largest absolute Gasteiger partial charge is 0.481 e. The number of carbonyl (C=O) groups is 2. The van der Waals surface area contributed by atoms with Crippen LogP contribution in [0.1, 0.15) is 60.1 Å². The highest BCUT2D eigenvalue weighted by Crippen LogP contribution is 2.26. The lowest BCUT2D eigenvalue weighted by atomic mass is 9.95. The highest BCUT2D eigenvalue weighted by Gasteiger charge is 2.27. The van der Waals surface area contributed by atoms with Gasteiger partial charge < -0.3 is 9.84 Å². The minimum Gasteiger partial charge on any atom is -0.481 e. The number of benzene rings is 2. The van der Waals surface area contributed by atoms with E-state index in [2.05, 4.69) is 17.0 Å². The van der Waals surface area contributed by atoms with Gasteiger partial charge in [0.05, 0.1) is 12.6 Å². The van der Waals surface area contributed by atoms with Gasteiger partial charge in [0.1, 0.15) is 6.61 Å². The summed E-state index contributed by atoms with van der Waals surface area (Å²) in [5, 5.41) is 9.84. The van der Waals surface area contributed by atoms with Crippen LogP contribution in [-0.4, -0.2) is 47.5 Å². The predicted molar refractivity (Wildman–Crippen MR) is 131 cm³/mol. The number of ether oxygens (including phenoxy) is 1. The predicted octanol–water partition coefficient (Wildman–Crippen LogP) is 5.33. The Balaban J connectivity index is 1.55. The molecule has 2 aromatic carbocycles. The summed E-state index contributed by atoms with van der Waals surface area (Å²) in [6.07, 6.45) is 3.36. The quantitative estimate of drug-likeness (QED) is 0.480. The second-order valence-electron chi connectivity index (χ2n) is 9.08. The lowest BCUT2D eigenvalue weighted by Gasteiger charge is -2.24. The minimum absolute atomic E-state index is 0.0523. The molecule has 0 aromatic heterocycles. The number of carbonyl (C=O) groups excluding carboxylic acids is 1. The molecule has 0 radical (unpaired) electrons. The number of carboxylic acids is 1. The number of carboxylic acid groups (broad SMARTS) is 1.